The summed E-state index contributed by atoms with van der Waals surface area (Å²) in [6.07, 6.45) is 0.697. The Hall–Kier alpha value is -0.960. The van der Waals surface area contributed by atoms with Crippen molar-refractivity contribution in [3.8, 4) is 0 Å². The van der Waals surface area contributed by atoms with E-state index in [-0.39, 0.29) is 9.77 Å². The fourth-order valence-electron chi connectivity index (χ4n) is 1.74. The van der Waals surface area contributed by atoms with Crippen LogP contribution >= 0.6 is 11.3 Å². The first-order valence-corrected chi connectivity index (χ1v) is 8.45. The van der Waals surface area contributed by atoms with E-state index in [1.54, 1.807) is 12.3 Å². The zero-order valence-electron chi connectivity index (χ0n) is 12.1. The summed E-state index contributed by atoms with van der Waals surface area (Å²) in [5, 5.41) is 4.62. The van der Waals surface area contributed by atoms with Gasteiger partial charge >= 0.3 is 5.97 Å². The van der Waals surface area contributed by atoms with Crippen molar-refractivity contribution < 1.29 is 17.9 Å². The summed E-state index contributed by atoms with van der Waals surface area (Å²) in [7, 11) is 0.892. The third-order valence-corrected chi connectivity index (χ3v) is 6.11. The van der Waals surface area contributed by atoms with Gasteiger partial charge in [0.05, 0.1) is 7.11 Å². The molecule has 6 nitrogen and oxygen atoms in total. The molecule has 1 heterocycles. The predicted octanol–water partition coefficient (Wildman–Crippen LogP) is 1.07. The second kappa shape index (κ2) is 7.16. The minimum Gasteiger partial charge on any atom is -0.465 e. The minimum absolute atomic E-state index is 0.0568. The Labute approximate surface area is 123 Å². The van der Waals surface area contributed by atoms with Crippen LogP contribution in [0.2, 0.25) is 0 Å². The number of sulfonamides is 1. The van der Waals surface area contributed by atoms with E-state index in [0.29, 0.717) is 18.5 Å². The van der Waals surface area contributed by atoms with Crippen LogP contribution in [0.1, 0.15) is 21.7 Å². The van der Waals surface area contributed by atoms with Crippen LogP contribution in [0.25, 0.3) is 0 Å². The number of rotatable bonds is 7. The summed E-state index contributed by atoms with van der Waals surface area (Å²) >= 11 is 1.09. The van der Waals surface area contributed by atoms with E-state index in [1.165, 1.54) is 18.5 Å². The molecule has 0 aliphatic carbocycles. The molecule has 1 aromatic heterocycles. The molecule has 0 radical (unpaired) electrons. The lowest BCUT2D eigenvalue weighted by molar-refractivity contribution is 0.0602. The first-order valence-electron chi connectivity index (χ1n) is 6.13. The first kappa shape index (κ1) is 17.1. The van der Waals surface area contributed by atoms with Gasteiger partial charge in [-0.05, 0) is 37.9 Å². The Morgan fingerprint density at radius 2 is 2.15 bits per heavy atom. The second-order valence-corrected chi connectivity index (χ2v) is 7.21. The summed E-state index contributed by atoms with van der Waals surface area (Å²) in [6, 6.07) is 0. The smallest absolute Gasteiger partial charge is 0.349 e. The van der Waals surface area contributed by atoms with Gasteiger partial charge in [0.1, 0.15) is 9.77 Å². The summed E-state index contributed by atoms with van der Waals surface area (Å²) in [6.45, 7) is 2.79. The molecule has 0 aliphatic heterocycles. The number of carbonyl (C=O) groups excluding carboxylic acids is 1. The lowest BCUT2D eigenvalue weighted by Gasteiger charge is -2.17. The molecular formula is C12H20N2O4S2. The van der Waals surface area contributed by atoms with Gasteiger partial charge in [0.25, 0.3) is 0 Å². The van der Waals surface area contributed by atoms with Gasteiger partial charge in [-0.15, -0.1) is 11.3 Å². The topological polar surface area (TPSA) is 75.7 Å². The van der Waals surface area contributed by atoms with Gasteiger partial charge < -0.3 is 10.1 Å². The maximum absolute atomic E-state index is 12.6. The van der Waals surface area contributed by atoms with Crippen LogP contribution in [0.3, 0.4) is 0 Å². The lowest BCUT2D eigenvalue weighted by Crippen LogP contribution is -2.30. The molecule has 0 spiro atoms. The van der Waals surface area contributed by atoms with Crippen LogP contribution in [-0.2, 0) is 14.8 Å². The highest BCUT2D eigenvalue weighted by molar-refractivity contribution is 7.89. The molecule has 0 aromatic carbocycles. The number of nitrogens with zero attached hydrogens (tertiary/aromatic N) is 1. The highest BCUT2D eigenvalue weighted by atomic mass is 32.2. The van der Waals surface area contributed by atoms with Crippen LogP contribution in [0.5, 0.6) is 0 Å². The molecule has 8 heteroatoms. The maximum atomic E-state index is 12.6. The SMILES string of the molecule is CNCCCN(C)S(=O)(=O)c1c(C)csc1C(=O)OC. The minimum atomic E-state index is -3.68. The molecule has 0 aliphatic rings. The van der Waals surface area contributed by atoms with Crippen molar-refractivity contribution >= 4 is 27.3 Å². The van der Waals surface area contributed by atoms with Crippen molar-refractivity contribution in [3.05, 3.63) is 15.8 Å². The highest BCUT2D eigenvalue weighted by Gasteiger charge is 2.30. The van der Waals surface area contributed by atoms with Gasteiger partial charge in [-0.3, -0.25) is 0 Å². The van der Waals surface area contributed by atoms with Crippen molar-refractivity contribution in [2.45, 2.75) is 18.2 Å². The van der Waals surface area contributed by atoms with Crippen molar-refractivity contribution in [2.75, 3.05) is 34.3 Å². The Bertz CT molecular complexity index is 566. The summed E-state index contributed by atoms with van der Waals surface area (Å²) in [5.41, 5.74) is 0.566. The van der Waals surface area contributed by atoms with Crippen molar-refractivity contribution in [1.29, 1.82) is 0 Å². The number of hydrogen-bond donors (Lipinski definition) is 1. The van der Waals surface area contributed by atoms with E-state index in [2.05, 4.69) is 10.1 Å². The molecule has 114 valence electrons. The summed E-state index contributed by atoms with van der Waals surface area (Å²) < 4.78 is 31.0. The summed E-state index contributed by atoms with van der Waals surface area (Å²) in [4.78, 5) is 11.9. The molecule has 0 unspecified atom stereocenters. The molecule has 20 heavy (non-hydrogen) atoms. The zero-order valence-corrected chi connectivity index (χ0v) is 13.7. The average molecular weight is 320 g/mol. The average Bonchev–Trinajstić information content (AvgIpc) is 2.80. The lowest BCUT2D eigenvalue weighted by atomic mass is 10.3. The number of carbonyl (C=O) groups is 1. The van der Waals surface area contributed by atoms with Crippen LogP contribution in [-0.4, -0.2) is 53.0 Å². The Morgan fingerprint density at radius 1 is 1.50 bits per heavy atom. The van der Waals surface area contributed by atoms with Crippen molar-refractivity contribution in [1.82, 2.24) is 9.62 Å². The van der Waals surface area contributed by atoms with Gasteiger partial charge in [0.2, 0.25) is 10.0 Å². The van der Waals surface area contributed by atoms with Crippen molar-refractivity contribution in [3.63, 3.8) is 0 Å². The maximum Gasteiger partial charge on any atom is 0.349 e. The molecule has 0 atom stereocenters. The Balaban J connectivity index is 3.09. The van der Waals surface area contributed by atoms with Gasteiger partial charge in [0.15, 0.2) is 0 Å². The van der Waals surface area contributed by atoms with E-state index in [0.717, 1.165) is 17.9 Å². The molecule has 0 amide bonds. The molecule has 0 bridgehead atoms. The van der Waals surface area contributed by atoms with Crippen LogP contribution < -0.4 is 5.32 Å². The number of aryl methyl sites for hydroxylation is 1. The number of thiophene rings is 1. The summed E-state index contributed by atoms with van der Waals surface area (Å²) in [5.74, 6) is -0.620. The largest absolute Gasteiger partial charge is 0.465 e. The molecule has 1 rings (SSSR count). The third kappa shape index (κ3) is 3.57. The Kier molecular flexibility index (Phi) is 6.12. The fourth-order valence-corrected chi connectivity index (χ4v) is 4.60. The highest BCUT2D eigenvalue weighted by Crippen LogP contribution is 2.29. The van der Waals surface area contributed by atoms with E-state index in [9.17, 15) is 13.2 Å². The van der Waals surface area contributed by atoms with Gasteiger partial charge in [-0.1, -0.05) is 0 Å². The van der Waals surface area contributed by atoms with Gasteiger partial charge in [0, 0.05) is 13.6 Å². The normalized spacial score (nSPS) is 11.8. The number of nitrogens with one attached hydrogen (secondary N) is 1. The molecular weight excluding hydrogens is 300 g/mol. The van der Waals surface area contributed by atoms with Crippen LogP contribution in [0.4, 0.5) is 0 Å². The van der Waals surface area contributed by atoms with E-state index in [1.807, 2.05) is 7.05 Å². The molecule has 0 saturated heterocycles. The van der Waals surface area contributed by atoms with Gasteiger partial charge in [-0.25, -0.2) is 17.5 Å². The van der Waals surface area contributed by atoms with E-state index >= 15 is 0 Å². The molecule has 0 saturated carbocycles. The van der Waals surface area contributed by atoms with E-state index in [4.69, 9.17) is 0 Å². The number of ether oxygens (including phenoxy) is 1. The quantitative estimate of drug-likeness (QED) is 0.601. The van der Waals surface area contributed by atoms with Crippen LogP contribution in [0.15, 0.2) is 10.3 Å². The number of methoxy groups -OCH3 is 1. The third-order valence-electron chi connectivity index (χ3n) is 2.86. The fraction of sp³-hybridized carbons (Fsp3) is 0.583. The predicted molar refractivity (Wildman–Crippen MR) is 78.8 cm³/mol. The standard InChI is InChI=1S/C12H20N2O4S2/c1-9-8-19-10(12(15)18-4)11(9)20(16,17)14(3)7-5-6-13-2/h8,13H,5-7H2,1-4H3. The number of hydrogen-bond acceptors (Lipinski definition) is 6. The monoisotopic (exact) mass is 320 g/mol. The van der Waals surface area contributed by atoms with E-state index < -0.39 is 16.0 Å². The van der Waals surface area contributed by atoms with Crippen molar-refractivity contribution in [2.24, 2.45) is 0 Å². The Morgan fingerprint density at radius 3 is 2.70 bits per heavy atom. The zero-order chi connectivity index (χ0) is 15.3. The van der Waals surface area contributed by atoms with Crippen LogP contribution in [0, 0.1) is 6.92 Å². The second-order valence-electron chi connectivity index (χ2n) is 4.35. The van der Waals surface area contributed by atoms with Gasteiger partial charge in [-0.2, -0.15) is 0 Å². The molecule has 1 aromatic rings. The first-order chi connectivity index (χ1) is 9.36. The molecule has 1 N–H and O–H groups in total. The number of esters is 1. The molecule has 0 fully saturated rings.